The van der Waals surface area contributed by atoms with E-state index in [0.717, 1.165) is 0 Å². The molecular weight excluding hydrogens is 331 g/mol. The number of ether oxygens (including phenoxy) is 2. The minimum absolute atomic E-state index is 0.0931. The van der Waals surface area contributed by atoms with Crippen LogP contribution in [0.25, 0.3) is 0 Å². The lowest BCUT2D eigenvalue weighted by atomic mass is 10.1. The molecule has 2 aromatic rings. The van der Waals surface area contributed by atoms with E-state index in [2.05, 4.69) is 14.9 Å². The van der Waals surface area contributed by atoms with Gasteiger partial charge in [0, 0.05) is 10.9 Å². The van der Waals surface area contributed by atoms with Crippen molar-refractivity contribution in [3.8, 4) is 5.75 Å². The third-order valence-corrected chi connectivity index (χ3v) is 3.39. The van der Waals surface area contributed by atoms with Crippen molar-refractivity contribution in [3.05, 3.63) is 40.0 Å². The summed E-state index contributed by atoms with van der Waals surface area (Å²) in [5.74, 6) is 0.619. The molecule has 1 atom stereocenters. The van der Waals surface area contributed by atoms with Gasteiger partial charge in [-0.25, -0.2) is 0 Å². The van der Waals surface area contributed by atoms with Crippen LogP contribution in [0.15, 0.2) is 22.7 Å². The minimum atomic E-state index is -0.337. The number of aromatic nitrogens is 2. The lowest BCUT2D eigenvalue weighted by molar-refractivity contribution is -0.141. The van der Waals surface area contributed by atoms with E-state index in [1.165, 1.54) is 7.11 Å². The Morgan fingerprint density at radius 1 is 1.41 bits per heavy atom. The Kier molecular flexibility index (Phi) is 5.63. The van der Waals surface area contributed by atoms with Gasteiger partial charge >= 0.3 is 5.97 Å². The Morgan fingerprint density at radius 3 is 2.86 bits per heavy atom. The molecule has 0 aliphatic heterocycles. The highest BCUT2D eigenvalue weighted by molar-refractivity contribution is 6.35. The number of rotatable bonds is 6. The van der Waals surface area contributed by atoms with Crippen LogP contribution in [0.5, 0.6) is 5.75 Å². The quantitative estimate of drug-likeness (QED) is 0.745. The predicted molar refractivity (Wildman–Crippen MR) is 80.1 cm³/mol. The van der Waals surface area contributed by atoms with E-state index >= 15 is 0 Å². The normalized spacial score (nSPS) is 12.0. The van der Waals surface area contributed by atoms with Crippen LogP contribution in [0.4, 0.5) is 0 Å². The van der Waals surface area contributed by atoms with Gasteiger partial charge in [0.2, 0.25) is 11.7 Å². The second kappa shape index (κ2) is 7.47. The average molecular weight is 345 g/mol. The Bertz CT molecular complexity index is 660. The summed E-state index contributed by atoms with van der Waals surface area (Å²) >= 11 is 11.8. The molecule has 0 saturated heterocycles. The topological polar surface area (TPSA) is 74.5 Å². The molecule has 1 aromatic carbocycles. The number of methoxy groups -OCH3 is 1. The van der Waals surface area contributed by atoms with Crippen LogP contribution in [-0.4, -0.2) is 23.2 Å². The maximum absolute atomic E-state index is 11.2. The number of halogens is 2. The van der Waals surface area contributed by atoms with Gasteiger partial charge in [0.15, 0.2) is 6.61 Å². The molecule has 0 N–H and O–H groups in total. The fourth-order valence-electron chi connectivity index (χ4n) is 1.68. The van der Waals surface area contributed by atoms with Crippen molar-refractivity contribution >= 4 is 29.2 Å². The van der Waals surface area contributed by atoms with Crippen molar-refractivity contribution in [2.75, 3.05) is 7.11 Å². The molecule has 0 aliphatic rings. The van der Waals surface area contributed by atoms with Crippen LogP contribution in [-0.2, 0) is 16.1 Å². The third kappa shape index (κ3) is 4.35. The van der Waals surface area contributed by atoms with Crippen LogP contribution in [0.1, 0.15) is 31.0 Å². The first kappa shape index (κ1) is 16.6. The second-order valence-electron chi connectivity index (χ2n) is 4.59. The van der Waals surface area contributed by atoms with Gasteiger partial charge in [-0.05, 0) is 18.2 Å². The van der Waals surface area contributed by atoms with E-state index in [1.807, 2.05) is 0 Å². The number of hydrogen-bond donors (Lipinski definition) is 0. The van der Waals surface area contributed by atoms with Gasteiger partial charge in [0.1, 0.15) is 5.75 Å². The number of benzene rings is 1. The summed E-state index contributed by atoms with van der Waals surface area (Å²) in [6.07, 6.45) is 0.169. The summed E-state index contributed by atoms with van der Waals surface area (Å²) in [7, 11) is 1.33. The first-order chi connectivity index (χ1) is 10.5. The molecule has 0 saturated carbocycles. The summed E-state index contributed by atoms with van der Waals surface area (Å²) in [5, 5.41) is 4.72. The van der Waals surface area contributed by atoms with E-state index in [-0.39, 0.29) is 24.9 Å². The SMILES string of the molecule is COC(=O)CC(C)c1nc(COc2ccc(Cl)cc2Cl)no1. The molecule has 22 heavy (non-hydrogen) atoms. The number of nitrogens with zero attached hydrogens (tertiary/aromatic N) is 2. The number of carbonyl (C=O) groups is 1. The fourth-order valence-corrected chi connectivity index (χ4v) is 2.14. The summed E-state index contributed by atoms with van der Waals surface area (Å²) in [6.45, 7) is 1.89. The van der Waals surface area contributed by atoms with Crippen LogP contribution in [0.3, 0.4) is 0 Å². The zero-order chi connectivity index (χ0) is 16.1. The predicted octanol–water partition coefficient (Wildman–Crippen LogP) is 3.62. The van der Waals surface area contributed by atoms with Gasteiger partial charge in [0.25, 0.3) is 0 Å². The highest BCUT2D eigenvalue weighted by atomic mass is 35.5. The molecule has 1 unspecified atom stereocenters. The van der Waals surface area contributed by atoms with Gasteiger partial charge in [-0.1, -0.05) is 35.3 Å². The second-order valence-corrected chi connectivity index (χ2v) is 5.44. The number of carbonyl (C=O) groups excluding carboxylic acids is 1. The van der Waals surface area contributed by atoms with E-state index in [9.17, 15) is 4.79 Å². The van der Waals surface area contributed by atoms with Crippen molar-refractivity contribution in [1.29, 1.82) is 0 Å². The zero-order valence-corrected chi connectivity index (χ0v) is 13.5. The maximum Gasteiger partial charge on any atom is 0.306 e. The van der Waals surface area contributed by atoms with E-state index in [4.69, 9.17) is 32.5 Å². The molecule has 1 heterocycles. The number of esters is 1. The van der Waals surface area contributed by atoms with Gasteiger partial charge < -0.3 is 14.0 Å². The maximum atomic E-state index is 11.2. The molecule has 0 spiro atoms. The molecular formula is C14H14Cl2N2O4. The zero-order valence-electron chi connectivity index (χ0n) is 12.0. The summed E-state index contributed by atoms with van der Waals surface area (Å²) in [5.41, 5.74) is 0. The van der Waals surface area contributed by atoms with Crippen LogP contribution in [0.2, 0.25) is 10.0 Å². The van der Waals surface area contributed by atoms with Crippen molar-refractivity contribution in [2.24, 2.45) is 0 Å². The lowest BCUT2D eigenvalue weighted by Crippen LogP contribution is -2.06. The highest BCUT2D eigenvalue weighted by Crippen LogP contribution is 2.28. The van der Waals surface area contributed by atoms with E-state index in [0.29, 0.717) is 27.5 Å². The molecule has 118 valence electrons. The van der Waals surface area contributed by atoms with Crippen LogP contribution < -0.4 is 4.74 Å². The fraction of sp³-hybridized carbons (Fsp3) is 0.357. The molecule has 6 nitrogen and oxygen atoms in total. The monoisotopic (exact) mass is 344 g/mol. The van der Waals surface area contributed by atoms with Crippen molar-refractivity contribution < 1.29 is 18.8 Å². The summed E-state index contributed by atoms with van der Waals surface area (Å²) in [6, 6.07) is 4.91. The highest BCUT2D eigenvalue weighted by Gasteiger charge is 2.18. The van der Waals surface area contributed by atoms with Crippen LogP contribution >= 0.6 is 23.2 Å². The smallest absolute Gasteiger partial charge is 0.306 e. The van der Waals surface area contributed by atoms with E-state index in [1.54, 1.807) is 25.1 Å². The molecule has 0 amide bonds. The summed E-state index contributed by atoms with van der Waals surface area (Å²) in [4.78, 5) is 15.4. The van der Waals surface area contributed by atoms with Gasteiger partial charge in [-0.3, -0.25) is 4.79 Å². The summed E-state index contributed by atoms with van der Waals surface area (Å²) < 4.78 is 15.2. The molecule has 1 aromatic heterocycles. The molecule has 0 aliphatic carbocycles. The molecule has 0 fully saturated rings. The van der Waals surface area contributed by atoms with Crippen LogP contribution in [0, 0.1) is 0 Å². The van der Waals surface area contributed by atoms with Gasteiger partial charge in [-0.2, -0.15) is 4.98 Å². The molecule has 0 bridgehead atoms. The van der Waals surface area contributed by atoms with Gasteiger partial charge in [-0.15, -0.1) is 0 Å². The Hall–Kier alpha value is -1.79. The Morgan fingerprint density at radius 2 is 2.18 bits per heavy atom. The standard InChI is InChI=1S/C14H14Cl2N2O4/c1-8(5-13(19)20-2)14-17-12(18-22-14)7-21-11-4-3-9(15)6-10(11)16/h3-4,6,8H,5,7H2,1-2H3. The largest absolute Gasteiger partial charge is 0.484 e. The Balaban J connectivity index is 1.96. The first-order valence-electron chi connectivity index (χ1n) is 6.46. The third-order valence-electron chi connectivity index (χ3n) is 2.86. The van der Waals surface area contributed by atoms with Crippen molar-refractivity contribution in [3.63, 3.8) is 0 Å². The van der Waals surface area contributed by atoms with Crippen molar-refractivity contribution in [1.82, 2.24) is 10.1 Å². The molecule has 2 rings (SSSR count). The lowest BCUT2D eigenvalue weighted by Gasteiger charge is -2.05. The van der Waals surface area contributed by atoms with Crippen molar-refractivity contribution in [2.45, 2.75) is 25.9 Å². The van der Waals surface area contributed by atoms with Gasteiger partial charge in [0.05, 0.1) is 18.6 Å². The first-order valence-corrected chi connectivity index (χ1v) is 7.22. The van der Waals surface area contributed by atoms with E-state index < -0.39 is 0 Å². The minimum Gasteiger partial charge on any atom is -0.484 e. The average Bonchev–Trinajstić information content (AvgIpc) is 2.95. The number of hydrogen-bond acceptors (Lipinski definition) is 6. The molecule has 0 radical (unpaired) electrons. The molecule has 8 heteroatoms. The Labute approximate surface area is 137 Å².